The lowest BCUT2D eigenvalue weighted by atomic mass is 10.2. The van der Waals surface area contributed by atoms with Crippen molar-refractivity contribution in [1.82, 2.24) is 0 Å². The van der Waals surface area contributed by atoms with Gasteiger partial charge in [-0.2, -0.15) is 14.0 Å². The van der Waals surface area contributed by atoms with Crippen LogP contribution in [0.2, 0.25) is 0 Å². The van der Waals surface area contributed by atoms with Crippen molar-refractivity contribution in [3.63, 3.8) is 0 Å². The zero-order valence-electron chi connectivity index (χ0n) is 5.50. The summed E-state index contributed by atoms with van der Waals surface area (Å²) in [4.78, 5) is 9.97. The van der Waals surface area contributed by atoms with E-state index in [1.54, 1.807) is 0 Å². The Kier molecular flexibility index (Phi) is 2.76. The van der Waals surface area contributed by atoms with E-state index in [9.17, 15) is 18.8 Å². The van der Waals surface area contributed by atoms with Crippen molar-refractivity contribution >= 4 is 6.29 Å². The maximum Gasteiger partial charge on any atom is 0.272 e. The zero-order valence-corrected chi connectivity index (χ0v) is 6.25. The second kappa shape index (κ2) is 2.81. The Morgan fingerprint density at radius 2 is 1.80 bits per heavy atom. The van der Waals surface area contributed by atoms with Crippen LogP contribution in [0, 0.1) is 10.2 Å². The Labute approximate surface area is 60.0 Å². The lowest BCUT2D eigenvalue weighted by molar-refractivity contribution is -1.92. The minimum absolute atomic E-state index is 0.232. The first-order chi connectivity index (χ1) is 4.27. The van der Waals surface area contributed by atoms with Gasteiger partial charge in [0, 0.05) is 0 Å². The summed E-state index contributed by atoms with van der Waals surface area (Å²) in [6.07, 6.45) is 0.232. The number of carbonyl (C=O) groups excluding carboxylic acids is 1. The molecule has 0 saturated carbocycles. The van der Waals surface area contributed by atoms with E-state index in [2.05, 4.69) is 4.29 Å². The largest absolute Gasteiger partial charge is 0.299 e. The van der Waals surface area contributed by atoms with Gasteiger partial charge >= 0.3 is 0 Å². The van der Waals surface area contributed by atoms with Crippen LogP contribution in [0.4, 0.5) is 0 Å². The highest BCUT2D eigenvalue weighted by molar-refractivity contribution is 5.60. The van der Waals surface area contributed by atoms with Crippen LogP contribution in [0.25, 0.3) is 0 Å². The van der Waals surface area contributed by atoms with Crippen LogP contribution in [0.3, 0.4) is 0 Å². The van der Waals surface area contributed by atoms with Gasteiger partial charge in [0.25, 0.3) is 5.60 Å². The monoisotopic (exact) mass is 170 g/mol. The summed E-state index contributed by atoms with van der Waals surface area (Å²) in [7, 11) is -4.52. The highest BCUT2D eigenvalue weighted by Crippen LogP contribution is 2.08. The van der Waals surface area contributed by atoms with E-state index in [1.807, 2.05) is 0 Å². The molecular weight excluding hydrogens is 163 g/mol. The second-order valence-corrected chi connectivity index (χ2v) is 3.09. The van der Waals surface area contributed by atoms with E-state index < -0.39 is 15.8 Å². The molecule has 0 amide bonds. The fourth-order valence-electron chi connectivity index (χ4n) is 0.262. The van der Waals surface area contributed by atoms with Gasteiger partial charge in [0.15, 0.2) is 6.29 Å². The molecule has 10 heavy (non-hydrogen) atoms. The normalized spacial score (nSPS) is 13.3. The van der Waals surface area contributed by atoms with Gasteiger partial charge in [-0.1, -0.05) is 0 Å². The van der Waals surface area contributed by atoms with Crippen molar-refractivity contribution in [1.29, 1.82) is 0 Å². The van der Waals surface area contributed by atoms with Crippen molar-refractivity contribution in [3.8, 4) is 0 Å². The highest BCUT2D eigenvalue weighted by Gasteiger charge is 2.36. The Hall–Kier alpha value is -0.200. The summed E-state index contributed by atoms with van der Waals surface area (Å²) in [6, 6.07) is 0. The summed E-state index contributed by atoms with van der Waals surface area (Å²) in [5.41, 5.74) is -1.57. The molecule has 0 bridgehead atoms. The third-order valence-corrected chi connectivity index (χ3v) is 1.16. The van der Waals surface area contributed by atoms with Crippen molar-refractivity contribution in [2.24, 2.45) is 0 Å². The van der Waals surface area contributed by atoms with E-state index in [-0.39, 0.29) is 6.29 Å². The summed E-state index contributed by atoms with van der Waals surface area (Å²) < 4.78 is 33.3. The molecule has 0 unspecified atom stereocenters. The standard InChI is InChI=1S/C4H7ClO5/c1-4(2,3-6)10-5(7,8)9/h3H,1-2H3. The summed E-state index contributed by atoms with van der Waals surface area (Å²) in [6.45, 7) is 2.34. The Balaban J connectivity index is 4.01. The molecule has 5 nitrogen and oxygen atoms in total. The quantitative estimate of drug-likeness (QED) is 0.418. The number of rotatable bonds is 3. The van der Waals surface area contributed by atoms with Gasteiger partial charge in [0.2, 0.25) is 0 Å². The molecule has 6 heteroatoms. The predicted octanol–water partition coefficient (Wildman–Crippen LogP) is -3.12. The topological polar surface area (TPSA) is 95.5 Å². The van der Waals surface area contributed by atoms with E-state index >= 15 is 0 Å². The minimum atomic E-state index is -4.52. The van der Waals surface area contributed by atoms with Gasteiger partial charge in [0.05, 0.1) is 14.5 Å². The molecule has 0 N–H and O–H groups in total. The van der Waals surface area contributed by atoms with Crippen LogP contribution in [-0.2, 0) is 9.08 Å². The zero-order chi connectivity index (χ0) is 8.41. The number of carbonyl (C=O) groups is 1. The van der Waals surface area contributed by atoms with Gasteiger partial charge in [-0.15, -0.1) is 0 Å². The molecule has 60 valence electrons. The molecule has 0 aliphatic heterocycles. The molecule has 0 atom stereocenters. The number of halogens is 1. The third-order valence-electron chi connectivity index (χ3n) is 0.577. The molecule has 0 aromatic carbocycles. The Morgan fingerprint density at radius 1 is 1.40 bits per heavy atom. The Bertz CT molecular complexity index is 126. The van der Waals surface area contributed by atoms with Crippen LogP contribution in [0.5, 0.6) is 0 Å². The summed E-state index contributed by atoms with van der Waals surface area (Å²) >= 11 is 0. The maximum atomic E-state index is 9.97. The average Bonchev–Trinajstić information content (AvgIpc) is 1.60. The van der Waals surface area contributed by atoms with Gasteiger partial charge < -0.3 is 0 Å². The van der Waals surface area contributed by atoms with E-state index in [1.165, 1.54) is 13.8 Å². The molecule has 0 aliphatic rings. The maximum absolute atomic E-state index is 9.97. The molecule has 0 aromatic rings. The lowest BCUT2D eigenvalue weighted by Gasteiger charge is -2.18. The number of hydrogen-bond donors (Lipinski definition) is 0. The Morgan fingerprint density at radius 3 is 1.90 bits per heavy atom. The second-order valence-electron chi connectivity index (χ2n) is 2.18. The fraction of sp³-hybridized carbons (Fsp3) is 0.750. The van der Waals surface area contributed by atoms with Gasteiger partial charge in [0.1, 0.15) is 0 Å². The van der Waals surface area contributed by atoms with E-state index in [0.29, 0.717) is 0 Å². The van der Waals surface area contributed by atoms with Crippen LogP contribution in [0.1, 0.15) is 13.8 Å². The van der Waals surface area contributed by atoms with Crippen molar-refractivity contribution in [2.45, 2.75) is 19.4 Å². The fourth-order valence-corrected chi connectivity index (χ4v) is 0.785. The lowest BCUT2D eigenvalue weighted by Crippen LogP contribution is -2.64. The molecule has 0 fully saturated rings. The van der Waals surface area contributed by atoms with Gasteiger partial charge in [-0.25, -0.2) is 0 Å². The molecule has 0 rings (SSSR count). The first kappa shape index (κ1) is 9.80. The first-order valence-electron chi connectivity index (χ1n) is 2.35. The van der Waals surface area contributed by atoms with Gasteiger partial charge in [-0.3, -0.25) is 4.79 Å². The summed E-state index contributed by atoms with van der Waals surface area (Å²) in [5.74, 6) is 0. The SMILES string of the molecule is CC(C)(C=O)O[Cl+3]([O-])([O-])[O-]. The molecule has 0 aliphatic carbocycles. The minimum Gasteiger partial charge on any atom is -0.299 e. The molecule has 0 heterocycles. The predicted molar refractivity (Wildman–Crippen MR) is 21.2 cm³/mol. The molecule has 0 saturated heterocycles. The van der Waals surface area contributed by atoms with Crippen LogP contribution >= 0.6 is 0 Å². The van der Waals surface area contributed by atoms with Crippen LogP contribution in [-0.4, -0.2) is 11.9 Å². The van der Waals surface area contributed by atoms with Crippen molar-refractivity contribution in [2.75, 3.05) is 0 Å². The molecular formula is C4H7ClO5. The third kappa shape index (κ3) is 4.66. The number of aldehydes is 1. The number of hydrogen-bond acceptors (Lipinski definition) is 5. The van der Waals surface area contributed by atoms with Crippen molar-refractivity contribution < 1.29 is 33.3 Å². The smallest absolute Gasteiger partial charge is 0.272 e. The van der Waals surface area contributed by atoms with Crippen LogP contribution < -0.4 is 14.0 Å². The first-order valence-corrected chi connectivity index (χ1v) is 3.58. The molecule has 0 spiro atoms. The molecule has 0 aromatic heterocycles. The van der Waals surface area contributed by atoms with E-state index in [4.69, 9.17) is 0 Å². The summed E-state index contributed by atoms with van der Waals surface area (Å²) in [5, 5.41) is 0. The average molecular weight is 171 g/mol. The van der Waals surface area contributed by atoms with E-state index in [0.717, 1.165) is 0 Å². The van der Waals surface area contributed by atoms with Crippen LogP contribution in [0.15, 0.2) is 0 Å². The highest BCUT2D eigenvalue weighted by atomic mass is 35.7. The van der Waals surface area contributed by atoms with Gasteiger partial charge in [-0.05, 0) is 13.8 Å². The molecule has 0 radical (unpaired) electrons. The van der Waals surface area contributed by atoms with Crippen molar-refractivity contribution in [3.05, 3.63) is 0 Å².